The van der Waals surface area contributed by atoms with Crippen molar-refractivity contribution in [2.75, 3.05) is 0 Å². The number of rotatable bonds is 9. The summed E-state index contributed by atoms with van der Waals surface area (Å²) in [4.78, 5) is 0. The van der Waals surface area contributed by atoms with Crippen LogP contribution in [0.1, 0.15) is 82.3 Å². The molecule has 0 aromatic heterocycles. The maximum atomic E-state index is 15.2. The number of hydrogen-bond acceptors (Lipinski definition) is 0. The van der Waals surface area contributed by atoms with Crippen LogP contribution in [0.3, 0.4) is 0 Å². The fourth-order valence-electron chi connectivity index (χ4n) is 5.57. The van der Waals surface area contributed by atoms with Crippen LogP contribution in [0.4, 0.5) is 17.6 Å². The number of hydrogen-bond donors (Lipinski definition) is 0. The molecule has 1 aliphatic rings. The van der Waals surface area contributed by atoms with Crippen LogP contribution in [0.25, 0.3) is 22.3 Å². The summed E-state index contributed by atoms with van der Waals surface area (Å²) >= 11 is 0. The smallest absolute Gasteiger partial charge is 0.166 e. The fourth-order valence-corrected chi connectivity index (χ4v) is 5.57. The average molecular weight is 509 g/mol. The van der Waals surface area contributed by atoms with Crippen LogP contribution in [0.5, 0.6) is 0 Å². The topological polar surface area (TPSA) is 0 Å². The monoisotopic (exact) mass is 508 g/mol. The highest BCUT2D eigenvalue weighted by Gasteiger charge is 2.26. The highest BCUT2D eigenvalue weighted by molar-refractivity contribution is 5.71. The number of halogens is 4. The van der Waals surface area contributed by atoms with Crippen LogP contribution in [0.2, 0.25) is 0 Å². The zero-order chi connectivity index (χ0) is 26.4. The molecule has 0 unspecified atom stereocenters. The SMILES string of the molecule is C/C=C/CCC1CCC(c2ccc(-c3ccc(-c4ccc(CCCC)c(F)c4F)cc3)c(F)c2F)CC1. The zero-order valence-corrected chi connectivity index (χ0v) is 21.8. The van der Waals surface area contributed by atoms with Crippen molar-refractivity contribution in [1.82, 2.24) is 0 Å². The first-order valence-corrected chi connectivity index (χ1v) is 13.6. The van der Waals surface area contributed by atoms with Gasteiger partial charge >= 0.3 is 0 Å². The van der Waals surface area contributed by atoms with Crippen LogP contribution in [0, 0.1) is 29.2 Å². The van der Waals surface area contributed by atoms with Crippen LogP contribution < -0.4 is 0 Å². The second-order valence-corrected chi connectivity index (χ2v) is 10.3. The molecule has 0 aliphatic heterocycles. The van der Waals surface area contributed by atoms with E-state index >= 15 is 8.78 Å². The predicted octanol–water partition coefficient (Wildman–Crippen LogP) is 10.5. The Balaban J connectivity index is 1.49. The van der Waals surface area contributed by atoms with Gasteiger partial charge in [0.05, 0.1) is 0 Å². The molecule has 0 atom stereocenters. The number of benzene rings is 3. The molecule has 37 heavy (non-hydrogen) atoms. The Kier molecular flexibility index (Phi) is 9.23. The third-order valence-electron chi connectivity index (χ3n) is 7.84. The number of allylic oxidation sites excluding steroid dienone is 2. The van der Waals surface area contributed by atoms with Gasteiger partial charge < -0.3 is 0 Å². The van der Waals surface area contributed by atoms with E-state index in [9.17, 15) is 8.78 Å². The van der Waals surface area contributed by atoms with Crippen LogP contribution in [0.15, 0.2) is 60.7 Å². The van der Waals surface area contributed by atoms with Gasteiger partial charge in [0.1, 0.15) is 0 Å². The zero-order valence-electron chi connectivity index (χ0n) is 21.8. The minimum absolute atomic E-state index is 0.0436. The van der Waals surface area contributed by atoms with Gasteiger partial charge in [0.15, 0.2) is 23.3 Å². The maximum Gasteiger partial charge on any atom is 0.166 e. The molecule has 0 amide bonds. The van der Waals surface area contributed by atoms with Crippen LogP contribution >= 0.6 is 0 Å². The summed E-state index contributed by atoms with van der Waals surface area (Å²) in [6.45, 7) is 4.03. The van der Waals surface area contributed by atoms with E-state index in [1.807, 2.05) is 13.8 Å². The van der Waals surface area contributed by atoms with E-state index in [4.69, 9.17) is 0 Å². The van der Waals surface area contributed by atoms with Gasteiger partial charge in [-0.1, -0.05) is 74.0 Å². The molecule has 196 valence electrons. The Labute approximate surface area is 218 Å². The fraction of sp³-hybridized carbons (Fsp3) is 0.394. The highest BCUT2D eigenvalue weighted by atomic mass is 19.2. The molecule has 0 saturated heterocycles. The molecular formula is C33H36F4. The largest absolute Gasteiger partial charge is 0.203 e. The normalized spacial score (nSPS) is 18.0. The van der Waals surface area contributed by atoms with E-state index in [2.05, 4.69) is 12.2 Å². The average Bonchev–Trinajstić information content (AvgIpc) is 2.92. The van der Waals surface area contributed by atoms with Crippen LogP contribution in [-0.4, -0.2) is 0 Å². The molecule has 1 fully saturated rings. The summed E-state index contributed by atoms with van der Waals surface area (Å²) in [7, 11) is 0. The first-order chi connectivity index (χ1) is 17.9. The van der Waals surface area contributed by atoms with Gasteiger partial charge in [0.2, 0.25) is 0 Å². The molecule has 4 rings (SSSR count). The summed E-state index contributed by atoms with van der Waals surface area (Å²) < 4.78 is 59.6. The van der Waals surface area contributed by atoms with Gasteiger partial charge in [-0.3, -0.25) is 0 Å². The van der Waals surface area contributed by atoms with Crippen molar-refractivity contribution in [2.24, 2.45) is 5.92 Å². The molecule has 3 aromatic rings. The molecule has 1 saturated carbocycles. The van der Waals surface area contributed by atoms with E-state index in [-0.39, 0.29) is 17.0 Å². The Bertz CT molecular complexity index is 1220. The molecule has 0 radical (unpaired) electrons. The lowest BCUT2D eigenvalue weighted by atomic mass is 9.77. The standard InChI is InChI=1S/C33H36F4/c1-3-5-7-8-22-10-12-23(13-11-22)28-20-21-29(33(37)32(28)36)25-16-14-24(15-17-25)27-19-18-26(9-6-4-2)30(34)31(27)35/h3,5,14-23H,4,6-13H2,1-2H3/b5-3+. The third-order valence-corrected chi connectivity index (χ3v) is 7.84. The number of unbranched alkanes of at least 4 members (excludes halogenated alkanes) is 1. The molecular weight excluding hydrogens is 472 g/mol. The molecule has 0 bridgehead atoms. The first-order valence-electron chi connectivity index (χ1n) is 13.6. The lowest BCUT2D eigenvalue weighted by molar-refractivity contribution is 0.306. The van der Waals surface area contributed by atoms with Crippen molar-refractivity contribution >= 4 is 0 Å². The van der Waals surface area contributed by atoms with Crippen molar-refractivity contribution in [1.29, 1.82) is 0 Å². The second-order valence-electron chi connectivity index (χ2n) is 10.3. The van der Waals surface area contributed by atoms with Gasteiger partial charge in [0, 0.05) is 11.1 Å². The van der Waals surface area contributed by atoms with Gasteiger partial charge in [-0.15, -0.1) is 0 Å². The summed E-state index contributed by atoms with van der Waals surface area (Å²) in [5.41, 5.74) is 2.16. The minimum atomic E-state index is -0.875. The van der Waals surface area contributed by atoms with Crippen LogP contribution in [-0.2, 0) is 6.42 Å². The van der Waals surface area contributed by atoms with Gasteiger partial charge in [-0.2, -0.15) is 0 Å². The first kappa shape index (κ1) is 27.2. The highest BCUT2D eigenvalue weighted by Crippen LogP contribution is 2.40. The van der Waals surface area contributed by atoms with E-state index < -0.39 is 23.3 Å². The lowest BCUT2D eigenvalue weighted by Crippen LogP contribution is -2.15. The van der Waals surface area contributed by atoms with Crippen molar-refractivity contribution in [3.05, 3.63) is 95.1 Å². The predicted molar refractivity (Wildman–Crippen MR) is 145 cm³/mol. The number of aryl methyl sites for hydroxylation is 1. The maximum absolute atomic E-state index is 15.2. The molecule has 1 aliphatic carbocycles. The Morgan fingerprint density at radius 3 is 1.92 bits per heavy atom. The van der Waals surface area contributed by atoms with Crippen molar-refractivity contribution in [3.8, 4) is 22.3 Å². The third kappa shape index (κ3) is 6.17. The molecule has 0 nitrogen and oxygen atoms in total. The summed E-state index contributed by atoms with van der Waals surface area (Å²) in [5.74, 6) is -2.61. The van der Waals surface area contributed by atoms with Gasteiger partial charge in [-0.05, 0) is 92.4 Å². The lowest BCUT2D eigenvalue weighted by Gasteiger charge is -2.29. The quantitative estimate of drug-likeness (QED) is 0.199. The molecule has 0 N–H and O–H groups in total. The summed E-state index contributed by atoms with van der Waals surface area (Å²) in [6.07, 6.45) is 12.5. The molecule has 4 heteroatoms. The van der Waals surface area contributed by atoms with Crippen molar-refractivity contribution in [3.63, 3.8) is 0 Å². The summed E-state index contributed by atoms with van der Waals surface area (Å²) in [6, 6.07) is 13.1. The second kappa shape index (κ2) is 12.6. The molecule has 3 aromatic carbocycles. The Hall–Kier alpha value is -2.88. The van der Waals surface area contributed by atoms with E-state index in [1.165, 1.54) is 0 Å². The van der Waals surface area contributed by atoms with E-state index in [1.54, 1.807) is 48.5 Å². The summed E-state index contributed by atoms with van der Waals surface area (Å²) in [5, 5.41) is 0. The van der Waals surface area contributed by atoms with Gasteiger partial charge in [0.25, 0.3) is 0 Å². The van der Waals surface area contributed by atoms with Crippen molar-refractivity contribution in [2.45, 2.75) is 77.6 Å². The Morgan fingerprint density at radius 2 is 1.32 bits per heavy atom. The van der Waals surface area contributed by atoms with E-state index in [0.717, 1.165) is 51.4 Å². The molecule has 0 heterocycles. The Morgan fingerprint density at radius 1 is 0.730 bits per heavy atom. The molecule has 0 spiro atoms. The minimum Gasteiger partial charge on any atom is -0.203 e. The van der Waals surface area contributed by atoms with Gasteiger partial charge in [-0.25, -0.2) is 17.6 Å². The van der Waals surface area contributed by atoms with E-state index in [0.29, 0.717) is 34.6 Å². The van der Waals surface area contributed by atoms with Crippen molar-refractivity contribution < 1.29 is 17.6 Å².